The predicted molar refractivity (Wildman–Crippen MR) is 91.7 cm³/mol. The molecular weight excluding hydrogens is 327 g/mol. The summed E-state index contributed by atoms with van der Waals surface area (Å²) in [5.41, 5.74) is 1.03. The first-order valence-electron chi connectivity index (χ1n) is 8.43. The summed E-state index contributed by atoms with van der Waals surface area (Å²) in [4.78, 5) is 0. The Labute approximate surface area is 146 Å². The van der Waals surface area contributed by atoms with Gasteiger partial charge in [0.1, 0.15) is 5.75 Å². The fourth-order valence-electron chi connectivity index (χ4n) is 3.29. The molecule has 0 amide bonds. The molecule has 2 aromatic rings. The lowest BCUT2D eigenvalue weighted by atomic mass is 10.0. The van der Waals surface area contributed by atoms with Crippen LogP contribution in [0.25, 0.3) is 0 Å². The Kier molecular flexibility index (Phi) is 5.04. The second-order valence-corrected chi connectivity index (χ2v) is 6.59. The highest BCUT2D eigenvalue weighted by Crippen LogP contribution is 2.50. The van der Waals surface area contributed by atoms with Gasteiger partial charge in [0.15, 0.2) is 0 Å². The number of hydrogen-bond acceptors (Lipinski definition) is 2. The lowest BCUT2D eigenvalue weighted by molar-refractivity contribution is -0.138. The van der Waals surface area contributed by atoms with Crippen LogP contribution in [0.15, 0.2) is 48.5 Å². The average Bonchev–Trinajstić information content (AvgIpc) is 3.38. The van der Waals surface area contributed by atoms with Gasteiger partial charge in [0.25, 0.3) is 0 Å². The molecule has 5 heteroatoms. The molecule has 0 spiro atoms. The Morgan fingerprint density at radius 1 is 1.16 bits per heavy atom. The van der Waals surface area contributed by atoms with Crippen LogP contribution in [0.3, 0.4) is 0 Å². The van der Waals surface area contributed by atoms with Gasteiger partial charge in [-0.3, -0.25) is 0 Å². The summed E-state index contributed by atoms with van der Waals surface area (Å²) < 4.78 is 44.7. The predicted octanol–water partition coefficient (Wildman–Crippen LogP) is 5.17. The first-order chi connectivity index (χ1) is 11.9. The van der Waals surface area contributed by atoms with E-state index in [9.17, 15) is 13.2 Å². The third-order valence-corrected chi connectivity index (χ3v) is 4.87. The minimum absolute atomic E-state index is 0.0113. The van der Waals surface area contributed by atoms with Gasteiger partial charge in [0, 0.05) is 6.04 Å². The van der Waals surface area contributed by atoms with E-state index in [0.29, 0.717) is 12.1 Å². The van der Waals surface area contributed by atoms with Crippen molar-refractivity contribution >= 4 is 0 Å². The number of benzene rings is 2. The zero-order valence-electron chi connectivity index (χ0n) is 14.3. The zero-order valence-corrected chi connectivity index (χ0v) is 14.3. The molecular formula is C20H22F3NO. The van der Waals surface area contributed by atoms with Crippen LogP contribution in [-0.2, 0) is 6.18 Å². The van der Waals surface area contributed by atoms with Crippen LogP contribution in [0, 0.1) is 5.92 Å². The highest BCUT2D eigenvalue weighted by molar-refractivity contribution is 5.36. The smallest absolute Gasteiger partial charge is 0.416 e. The van der Waals surface area contributed by atoms with Crippen LogP contribution in [0.5, 0.6) is 5.75 Å². The third kappa shape index (κ3) is 4.15. The van der Waals surface area contributed by atoms with Crippen LogP contribution in [-0.4, -0.2) is 13.7 Å². The van der Waals surface area contributed by atoms with E-state index in [-0.39, 0.29) is 17.9 Å². The summed E-state index contributed by atoms with van der Waals surface area (Å²) >= 11 is 0. The summed E-state index contributed by atoms with van der Waals surface area (Å²) in [6, 6.07) is 13.9. The topological polar surface area (TPSA) is 21.3 Å². The molecule has 0 aromatic heterocycles. The van der Waals surface area contributed by atoms with Gasteiger partial charge in [-0.25, -0.2) is 0 Å². The number of alkyl halides is 3. The molecule has 0 radical (unpaired) electrons. The van der Waals surface area contributed by atoms with Crippen molar-refractivity contribution in [2.24, 2.45) is 5.92 Å². The minimum Gasteiger partial charge on any atom is -0.497 e. The average molecular weight is 349 g/mol. The molecule has 1 aliphatic carbocycles. The SMILES string of the molecule is COc1cccc([C@@H](C)NCC2CC2c2ccccc2C(F)(F)F)c1. The van der Waals surface area contributed by atoms with Crippen LogP contribution in [0.1, 0.15) is 42.0 Å². The van der Waals surface area contributed by atoms with E-state index in [1.807, 2.05) is 24.3 Å². The molecule has 2 nitrogen and oxygen atoms in total. The molecule has 1 N–H and O–H groups in total. The molecule has 2 unspecified atom stereocenters. The van der Waals surface area contributed by atoms with Crippen molar-refractivity contribution in [2.45, 2.75) is 31.5 Å². The van der Waals surface area contributed by atoms with Gasteiger partial charge in [0.05, 0.1) is 12.7 Å². The van der Waals surface area contributed by atoms with Crippen LogP contribution < -0.4 is 10.1 Å². The summed E-state index contributed by atoms with van der Waals surface area (Å²) in [5.74, 6) is 1.04. The first-order valence-corrected chi connectivity index (χ1v) is 8.43. The van der Waals surface area contributed by atoms with Crippen molar-refractivity contribution in [3.05, 3.63) is 65.2 Å². The molecule has 1 aliphatic rings. The lowest BCUT2D eigenvalue weighted by Gasteiger charge is -2.16. The molecule has 0 bridgehead atoms. The highest BCUT2D eigenvalue weighted by atomic mass is 19.4. The maximum Gasteiger partial charge on any atom is 0.416 e. The number of methoxy groups -OCH3 is 1. The molecule has 1 fully saturated rings. The standard InChI is InChI=1S/C20H22F3NO/c1-13(14-6-5-7-16(10-14)25-2)24-12-15-11-18(15)17-8-3-4-9-19(17)20(21,22)23/h3-10,13,15,18,24H,11-12H2,1-2H3/t13-,15?,18?/m1/s1. The molecule has 0 heterocycles. The van der Waals surface area contributed by atoms with Crippen molar-refractivity contribution in [1.82, 2.24) is 5.32 Å². The molecule has 2 aromatic carbocycles. The summed E-state index contributed by atoms with van der Waals surface area (Å²) in [5, 5.41) is 3.43. The van der Waals surface area contributed by atoms with E-state index < -0.39 is 11.7 Å². The zero-order chi connectivity index (χ0) is 18.0. The van der Waals surface area contributed by atoms with Crippen LogP contribution >= 0.6 is 0 Å². The molecule has 1 saturated carbocycles. The minimum atomic E-state index is -4.29. The van der Waals surface area contributed by atoms with Gasteiger partial charge in [-0.1, -0.05) is 30.3 Å². The van der Waals surface area contributed by atoms with Crippen molar-refractivity contribution in [3.8, 4) is 5.75 Å². The molecule has 0 saturated heterocycles. The number of ether oxygens (including phenoxy) is 1. The Balaban J connectivity index is 1.60. The van der Waals surface area contributed by atoms with Gasteiger partial charge in [-0.15, -0.1) is 0 Å². The Morgan fingerprint density at radius 2 is 1.92 bits per heavy atom. The van der Waals surface area contributed by atoms with E-state index >= 15 is 0 Å². The van der Waals surface area contributed by atoms with E-state index in [0.717, 1.165) is 17.7 Å². The fraction of sp³-hybridized carbons (Fsp3) is 0.400. The number of hydrogen-bond donors (Lipinski definition) is 1. The Bertz CT molecular complexity index is 729. The van der Waals surface area contributed by atoms with Crippen LogP contribution in [0.2, 0.25) is 0 Å². The van der Waals surface area contributed by atoms with Crippen molar-refractivity contribution < 1.29 is 17.9 Å². The molecule has 0 aliphatic heterocycles. The van der Waals surface area contributed by atoms with E-state index in [1.54, 1.807) is 19.2 Å². The summed E-state index contributed by atoms with van der Waals surface area (Å²) in [6.45, 7) is 2.76. The number of rotatable bonds is 6. The maximum atomic E-state index is 13.1. The highest BCUT2D eigenvalue weighted by Gasteiger charge is 2.43. The third-order valence-electron chi connectivity index (χ3n) is 4.87. The normalized spacial score (nSPS) is 21.0. The summed E-state index contributed by atoms with van der Waals surface area (Å²) in [7, 11) is 1.63. The van der Waals surface area contributed by atoms with Gasteiger partial charge < -0.3 is 10.1 Å². The van der Waals surface area contributed by atoms with E-state index in [2.05, 4.69) is 12.2 Å². The molecule has 3 rings (SSSR count). The fourth-order valence-corrected chi connectivity index (χ4v) is 3.29. The van der Waals surface area contributed by atoms with Crippen molar-refractivity contribution in [1.29, 1.82) is 0 Å². The second kappa shape index (κ2) is 7.08. The largest absolute Gasteiger partial charge is 0.497 e. The van der Waals surface area contributed by atoms with Gasteiger partial charge >= 0.3 is 6.18 Å². The quantitative estimate of drug-likeness (QED) is 0.777. The van der Waals surface area contributed by atoms with Gasteiger partial charge in [0.2, 0.25) is 0 Å². The molecule has 25 heavy (non-hydrogen) atoms. The molecule has 134 valence electrons. The maximum absolute atomic E-state index is 13.1. The van der Waals surface area contributed by atoms with Crippen molar-refractivity contribution in [2.75, 3.05) is 13.7 Å². The number of nitrogens with one attached hydrogen (secondary N) is 1. The van der Waals surface area contributed by atoms with Crippen LogP contribution in [0.4, 0.5) is 13.2 Å². The summed E-state index contributed by atoms with van der Waals surface area (Å²) in [6.07, 6.45) is -3.49. The van der Waals surface area contributed by atoms with Crippen molar-refractivity contribution in [3.63, 3.8) is 0 Å². The Morgan fingerprint density at radius 3 is 2.64 bits per heavy atom. The van der Waals surface area contributed by atoms with Gasteiger partial charge in [-0.05, 0) is 61.1 Å². The lowest BCUT2D eigenvalue weighted by Crippen LogP contribution is -2.21. The monoisotopic (exact) mass is 349 g/mol. The van der Waals surface area contributed by atoms with Gasteiger partial charge in [-0.2, -0.15) is 13.2 Å². The molecule has 3 atom stereocenters. The van der Waals surface area contributed by atoms with E-state index in [1.165, 1.54) is 12.1 Å². The first kappa shape index (κ1) is 17.8. The van der Waals surface area contributed by atoms with E-state index in [4.69, 9.17) is 4.74 Å². The Hall–Kier alpha value is -2.01. The second-order valence-electron chi connectivity index (χ2n) is 6.59. The number of halogens is 3.